The van der Waals surface area contributed by atoms with Crippen LogP contribution in [-0.4, -0.2) is 70.6 Å². The van der Waals surface area contributed by atoms with Crippen LogP contribution in [0.2, 0.25) is 10.0 Å². The summed E-state index contributed by atoms with van der Waals surface area (Å²) in [5.41, 5.74) is 4.81. The van der Waals surface area contributed by atoms with Crippen molar-refractivity contribution >= 4 is 52.5 Å². The van der Waals surface area contributed by atoms with Gasteiger partial charge in [0.1, 0.15) is 23.9 Å². The van der Waals surface area contributed by atoms with Gasteiger partial charge in [0.25, 0.3) is 11.8 Å². The molecule has 8 rings (SSSR count). The first-order valence-electron chi connectivity index (χ1n) is 18.5. The van der Waals surface area contributed by atoms with E-state index in [1.807, 2.05) is 30.3 Å². The van der Waals surface area contributed by atoms with E-state index < -0.39 is 46.8 Å². The third-order valence-corrected chi connectivity index (χ3v) is 12.4. The average Bonchev–Trinajstić information content (AvgIpc) is 3.58. The number of carbonyl (C=O) groups is 4. The van der Waals surface area contributed by atoms with Gasteiger partial charge < -0.3 is 19.7 Å². The molecule has 0 spiro atoms. The first-order valence-corrected chi connectivity index (χ1v) is 19.2. The maximum Gasteiger partial charge on any atom is 0.260 e. The topological polar surface area (TPSA) is 146 Å². The number of carbonyl (C=O) groups excluding carboxylic acids is 4. The number of ether oxygens (including phenoxy) is 2. The molecular formula is C43H39Cl2N3O8. The number of likely N-dealkylation sites (tertiary alicyclic amines) is 1. The third-order valence-electron chi connectivity index (χ3n) is 11.8. The van der Waals surface area contributed by atoms with E-state index in [2.05, 4.69) is 5.43 Å². The largest absolute Gasteiger partial charge is 0.508 e. The number of benzene rings is 4. The standard InChI is InChI=1S/C43H39Cl2N3O8/c1-55-29-13-6-26(7-14-29)43-34(40(52)48(42(43)54)46-36-17-8-27(44)22-35(36)45)23-33-31(38(43)25-4-11-30(12-5-25)56-21-20-49)15-16-32-37(33)41(53)47(39(32)51)19-18-24-2-9-28(50)10-3-24/h2-15,17,22,32-34,37-38,46,49-50H,16,18-21,23H2,1H3/t32-,33+,34-,37-,38-,43+/m0/s1. The molecule has 56 heavy (non-hydrogen) atoms. The number of nitrogens with zero attached hydrogens (tertiary/aromatic N) is 2. The number of imide groups is 2. The van der Waals surface area contributed by atoms with Crippen LogP contribution < -0.4 is 14.9 Å². The lowest BCUT2D eigenvalue weighted by molar-refractivity contribution is -0.141. The van der Waals surface area contributed by atoms with Crippen LogP contribution >= 0.6 is 23.2 Å². The van der Waals surface area contributed by atoms with E-state index in [0.717, 1.165) is 16.1 Å². The lowest BCUT2D eigenvalue weighted by Crippen LogP contribution is -2.53. The van der Waals surface area contributed by atoms with E-state index in [9.17, 15) is 24.6 Å². The van der Waals surface area contributed by atoms with Gasteiger partial charge in [-0.25, -0.2) is 0 Å². The van der Waals surface area contributed by atoms with Gasteiger partial charge in [-0.1, -0.05) is 71.2 Å². The number of amides is 4. The minimum atomic E-state index is -1.50. The smallest absolute Gasteiger partial charge is 0.260 e. The summed E-state index contributed by atoms with van der Waals surface area (Å²) >= 11 is 12.7. The number of aliphatic hydroxyl groups is 1. The van der Waals surface area contributed by atoms with Gasteiger partial charge in [-0.05, 0) is 96.5 Å². The summed E-state index contributed by atoms with van der Waals surface area (Å²) in [6.45, 7) is 0.100. The van der Waals surface area contributed by atoms with Gasteiger partial charge in [-0.2, -0.15) is 5.01 Å². The van der Waals surface area contributed by atoms with Crippen LogP contribution in [0.1, 0.15) is 35.4 Å². The number of nitrogens with one attached hydrogen (secondary N) is 1. The molecule has 2 saturated heterocycles. The zero-order valence-corrected chi connectivity index (χ0v) is 31.9. The fourth-order valence-corrected chi connectivity index (χ4v) is 9.78. The summed E-state index contributed by atoms with van der Waals surface area (Å²) in [7, 11) is 1.55. The van der Waals surface area contributed by atoms with E-state index in [-0.39, 0.29) is 48.8 Å². The molecule has 3 N–H and O–H groups in total. The highest BCUT2D eigenvalue weighted by Gasteiger charge is 2.70. The van der Waals surface area contributed by atoms with Crippen molar-refractivity contribution in [3.05, 3.63) is 129 Å². The molecule has 11 nitrogen and oxygen atoms in total. The Hall–Kier alpha value is -5.36. The third kappa shape index (κ3) is 6.18. The normalized spacial score (nSPS) is 25.4. The number of hydrogen-bond acceptors (Lipinski definition) is 9. The van der Waals surface area contributed by atoms with Gasteiger partial charge in [0.05, 0.1) is 47.6 Å². The van der Waals surface area contributed by atoms with Crippen LogP contribution in [-0.2, 0) is 31.0 Å². The van der Waals surface area contributed by atoms with E-state index in [4.69, 9.17) is 32.7 Å². The lowest BCUT2D eigenvalue weighted by Gasteiger charge is -2.50. The van der Waals surface area contributed by atoms with Crippen LogP contribution in [0.25, 0.3) is 0 Å². The van der Waals surface area contributed by atoms with Gasteiger partial charge in [-0.15, -0.1) is 0 Å². The van der Waals surface area contributed by atoms with Crippen molar-refractivity contribution in [1.82, 2.24) is 9.91 Å². The molecule has 0 bridgehead atoms. The van der Waals surface area contributed by atoms with E-state index in [1.54, 1.807) is 67.8 Å². The van der Waals surface area contributed by atoms with Gasteiger partial charge >= 0.3 is 0 Å². The molecule has 2 aliphatic carbocycles. The van der Waals surface area contributed by atoms with Gasteiger partial charge in [0, 0.05) is 17.5 Å². The highest BCUT2D eigenvalue weighted by Crippen LogP contribution is 2.64. The van der Waals surface area contributed by atoms with Crippen molar-refractivity contribution in [3.8, 4) is 17.2 Å². The Bertz CT molecular complexity index is 2230. The number of hydrazine groups is 1. The molecule has 2 heterocycles. The van der Waals surface area contributed by atoms with Crippen LogP contribution in [0.3, 0.4) is 0 Å². The number of phenolic OH excluding ortho intramolecular Hbond substituents is 1. The second-order valence-electron chi connectivity index (χ2n) is 14.6. The van der Waals surface area contributed by atoms with Crippen molar-refractivity contribution in [2.75, 3.05) is 32.3 Å². The molecule has 288 valence electrons. The molecule has 2 aliphatic heterocycles. The highest BCUT2D eigenvalue weighted by atomic mass is 35.5. The Morgan fingerprint density at radius 1 is 0.857 bits per heavy atom. The molecule has 0 aromatic heterocycles. The molecule has 4 aliphatic rings. The number of hydrogen-bond donors (Lipinski definition) is 3. The number of phenols is 1. The maximum atomic E-state index is 15.4. The van der Waals surface area contributed by atoms with Crippen molar-refractivity contribution < 1.29 is 38.9 Å². The summed E-state index contributed by atoms with van der Waals surface area (Å²) in [6, 6.07) is 25.7. The molecule has 4 aromatic rings. The number of methoxy groups -OCH3 is 1. The maximum absolute atomic E-state index is 15.4. The van der Waals surface area contributed by atoms with Crippen LogP contribution in [0.15, 0.2) is 103 Å². The zero-order valence-electron chi connectivity index (χ0n) is 30.4. The minimum absolute atomic E-state index is 0.0944. The number of anilines is 1. The van der Waals surface area contributed by atoms with Crippen molar-refractivity contribution in [3.63, 3.8) is 0 Å². The predicted octanol–water partition coefficient (Wildman–Crippen LogP) is 6.31. The molecule has 0 radical (unpaired) electrons. The molecule has 13 heteroatoms. The highest BCUT2D eigenvalue weighted by molar-refractivity contribution is 6.36. The summed E-state index contributed by atoms with van der Waals surface area (Å²) in [5, 5.41) is 20.7. The van der Waals surface area contributed by atoms with Crippen molar-refractivity contribution in [2.45, 2.75) is 30.6 Å². The number of fused-ring (bicyclic) bond motifs is 4. The van der Waals surface area contributed by atoms with E-state index in [1.165, 1.54) is 11.0 Å². The van der Waals surface area contributed by atoms with Crippen molar-refractivity contribution in [2.24, 2.45) is 23.7 Å². The molecule has 6 atom stereocenters. The van der Waals surface area contributed by atoms with Gasteiger partial charge in [0.15, 0.2) is 0 Å². The fraction of sp³-hybridized carbons (Fsp3) is 0.302. The van der Waals surface area contributed by atoms with Crippen LogP contribution in [0, 0.1) is 23.7 Å². The first-order chi connectivity index (χ1) is 27.1. The Morgan fingerprint density at radius 2 is 1.57 bits per heavy atom. The Balaban J connectivity index is 1.25. The number of aliphatic hydroxyl groups excluding tert-OH is 1. The monoisotopic (exact) mass is 795 g/mol. The summed E-state index contributed by atoms with van der Waals surface area (Å²) in [4.78, 5) is 60.2. The number of halogens is 2. The number of rotatable bonds is 11. The minimum Gasteiger partial charge on any atom is -0.508 e. The zero-order chi connectivity index (χ0) is 39.3. The molecule has 0 unspecified atom stereocenters. The lowest BCUT2D eigenvalue weighted by atomic mass is 9.49. The summed E-state index contributed by atoms with van der Waals surface area (Å²) in [5.74, 6) is -3.93. The fourth-order valence-electron chi connectivity index (χ4n) is 9.33. The average molecular weight is 797 g/mol. The second-order valence-corrected chi connectivity index (χ2v) is 15.4. The number of allylic oxidation sites excluding steroid dienone is 2. The molecule has 1 saturated carbocycles. The molecular weight excluding hydrogens is 757 g/mol. The number of aromatic hydroxyl groups is 1. The van der Waals surface area contributed by atoms with Crippen LogP contribution in [0.4, 0.5) is 5.69 Å². The Kier molecular flexibility index (Phi) is 10.0. The quantitative estimate of drug-likeness (QED) is 0.118. The van der Waals surface area contributed by atoms with Gasteiger partial charge in [-0.3, -0.25) is 29.5 Å². The molecule has 4 amide bonds. The molecule has 3 fully saturated rings. The Morgan fingerprint density at radius 3 is 2.25 bits per heavy atom. The predicted molar refractivity (Wildman–Crippen MR) is 208 cm³/mol. The Labute approximate surface area is 333 Å². The van der Waals surface area contributed by atoms with Crippen molar-refractivity contribution in [1.29, 1.82) is 0 Å². The van der Waals surface area contributed by atoms with Crippen LogP contribution in [0.5, 0.6) is 17.2 Å². The SMILES string of the molecule is COc1ccc([C@@]23C(=O)N(Nc4ccc(Cl)cc4Cl)C(=O)[C@@H]2C[C@@H]2C(=CC[C@@H]4C(=O)N(CCc5ccc(O)cc5)C(=O)[C@@H]42)[C@@H]3c2ccc(OCCO)cc2)cc1. The van der Waals surface area contributed by atoms with E-state index in [0.29, 0.717) is 46.2 Å². The van der Waals surface area contributed by atoms with Gasteiger partial charge in [0.2, 0.25) is 11.8 Å². The summed E-state index contributed by atoms with van der Waals surface area (Å²) < 4.78 is 11.2. The summed E-state index contributed by atoms with van der Waals surface area (Å²) in [6.07, 6.45) is 2.85. The van der Waals surface area contributed by atoms with E-state index >= 15 is 4.79 Å². The first kappa shape index (κ1) is 37.6. The molecule has 4 aromatic carbocycles. The second kappa shape index (κ2) is 14.9.